The van der Waals surface area contributed by atoms with Crippen molar-refractivity contribution < 1.29 is 0 Å². The highest BCUT2D eigenvalue weighted by molar-refractivity contribution is 5.42. The number of hydrogen-bond acceptors (Lipinski definition) is 3. The van der Waals surface area contributed by atoms with Gasteiger partial charge in [-0.3, -0.25) is 0 Å². The van der Waals surface area contributed by atoms with Crippen LogP contribution in [0.15, 0.2) is 18.3 Å². The molecule has 3 nitrogen and oxygen atoms in total. The van der Waals surface area contributed by atoms with Gasteiger partial charge in [0.1, 0.15) is 5.82 Å². The molecule has 0 radical (unpaired) electrons. The van der Waals surface area contributed by atoms with E-state index >= 15 is 0 Å². The van der Waals surface area contributed by atoms with Gasteiger partial charge in [-0.15, -0.1) is 0 Å². The zero-order chi connectivity index (χ0) is 14.2. The number of anilines is 1. The predicted molar refractivity (Wildman–Crippen MR) is 83.9 cm³/mol. The van der Waals surface area contributed by atoms with E-state index in [9.17, 15) is 0 Å². The van der Waals surface area contributed by atoms with Gasteiger partial charge in [0.25, 0.3) is 0 Å². The first-order valence-electron chi connectivity index (χ1n) is 7.95. The normalized spacial score (nSPS) is 23.4. The summed E-state index contributed by atoms with van der Waals surface area (Å²) in [4.78, 5) is 7.03. The molecule has 1 unspecified atom stereocenters. The molecule has 2 heterocycles. The molecule has 0 spiro atoms. The summed E-state index contributed by atoms with van der Waals surface area (Å²) in [5.74, 6) is 1.93. The first kappa shape index (κ1) is 13.9. The quantitative estimate of drug-likeness (QED) is 0.913. The first-order valence-corrected chi connectivity index (χ1v) is 7.95. The van der Waals surface area contributed by atoms with Crippen LogP contribution in [-0.4, -0.2) is 24.1 Å². The molecule has 1 aliphatic carbocycles. The standard InChI is InChI=1S/C17H27N3/c1-17(2,3)14-7-9-20(12-14)16-10-13(6-8-18-16)11-19-15-4-5-15/h6,8,10,14-15,19H,4-5,7,9,11-12H2,1-3H3. The molecule has 20 heavy (non-hydrogen) atoms. The van der Waals surface area contributed by atoms with E-state index in [0.29, 0.717) is 5.41 Å². The Bertz CT molecular complexity index is 460. The van der Waals surface area contributed by atoms with Crippen LogP contribution in [0.4, 0.5) is 5.82 Å². The highest BCUT2D eigenvalue weighted by Crippen LogP contribution is 2.35. The maximum absolute atomic E-state index is 4.58. The number of nitrogens with zero attached hydrogens (tertiary/aromatic N) is 2. The molecular weight excluding hydrogens is 246 g/mol. The van der Waals surface area contributed by atoms with Gasteiger partial charge in [0.15, 0.2) is 0 Å². The third-order valence-electron chi connectivity index (χ3n) is 4.72. The Labute approximate surface area is 122 Å². The Morgan fingerprint density at radius 1 is 1.30 bits per heavy atom. The Morgan fingerprint density at radius 2 is 2.10 bits per heavy atom. The molecule has 0 bridgehead atoms. The van der Waals surface area contributed by atoms with Crippen molar-refractivity contribution in [2.75, 3.05) is 18.0 Å². The van der Waals surface area contributed by atoms with Gasteiger partial charge in [-0.2, -0.15) is 0 Å². The van der Waals surface area contributed by atoms with Gasteiger partial charge in [0.2, 0.25) is 0 Å². The summed E-state index contributed by atoms with van der Waals surface area (Å²) in [5.41, 5.74) is 1.76. The molecule has 1 aromatic heterocycles. The topological polar surface area (TPSA) is 28.2 Å². The fourth-order valence-electron chi connectivity index (χ4n) is 2.97. The van der Waals surface area contributed by atoms with Crippen LogP contribution in [0, 0.1) is 11.3 Å². The number of hydrogen-bond donors (Lipinski definition) is 1. The first-order chi connectivity index (χ1) is 9.52. The summed E-state index contributed by atoms with van der Waals surface area (Å²) in [6, 6.07) is 5.17. The summed E-state index contributed by atoms with van der Waals surface area (Å²) >= 11 is 0. The largest absolute Gasteiger partial charge is 0.356 e. The Balaban J connectivity index is 1.63. The molecule has 1 N–H and O–H groups in total. The van der Waals surface area contributed by atoms with Crippen LogP contribution in [0.25, 0.3) is 0 Å². The van der Waals surface area contributed by atoms with Gasteiger partial charge in [0.05, 0.1) is 0 Å². The van der Waals surface area contributed by atoms with E-state index in [1.54, 1.807) is 0 Å². The molecule has 110 valence electrons. The molecule has 3 rings (SSSR count). The minimum Gasteiger partial charge on any atom is -0.356 e. The smallest absolute Gasteiger partial charge is 0.128 e. The van der Waals surface area contributed by atoms with Crippen LogP contribution >= 0.6 is 0 Å². The van der Waals surface area contributed by atoms with Crippen LogP contribution in [0.5, 0.6) is 0 Å². The third-order valence-corrected chi connectivity index (χ3v) is 4.72. The summed E-state index contributed by atoms with van der Waals surface area (Å²) in [6.07, 6.45) is 5.94. The molecular formula is C17H27N3. The van der Waals surface area contributed by atoms with Gasteiger partial charge in [-0.1, -0.05) is 20.8 Å². The fourth-order valence-corrected chi connectivity index (χ4v) is 2.97. The lowest BCUT2D eigenvalue weighted by molar-refractivity contribution is 0.263. The van der Waals surface area contributed by atoms with Crippen molar-refractivity contribution in [3.8, 4) is 0 Å². The zero-order valence-electron chi connectivity index (χ0n) is 13.0. The average Bonchev–Trinajstić information content (AvgIpc) is 3.09. The van der Waals surface area contributed by atoms with Crippen LogP contribution in [0.2, 0.25) is 0 Å². The van der Waals surface area contributed by atoms with E-state index in [2.05, 4.69) is 48.1 Å². The maximum atomic E-state index is 4.58. The molecule has 2 aliphatic rings. The van der Waals surface area contributed by atoms with E-state index in [1.165, 1.54) is 24.8 Å². The van der Waals surface area contributed by atoms with E-state index in [4.69, 9.17) is 0 Å². The lowest BCUT2D eigenvalue weighted by atomic mass is 9.80. The lowest BCUT2D eigenvalue weighted by Gasteiger charge is -2.27. The Morgan fingerprint density at radius 3 is 2.75 bits per heavy atom. The van der Waals surface area contributed by atoms with Crippen molar-refractivity contribution in [1.29, 1.82) is 0 Å². The summed E-state index contributed by atoms with van der Waals surface area (Å²) in [6.45, 7) is 10.3. The Kier molecular flexibility index (Phi) is 3.72. The van der Waals surface area contributed by atoms with Crippen molar-refractivity contribution in [3.05, 3.63) is 23.9 Å². The van der Waals surface area contributed by atoms with Crippen LogP contribution < -0.4 is 10.2 Å². The molecule has 1 aromatic rings. The van der Waals surface area contributed by atoms with Crippen molar-refractivity contribution in [2.24, 2.45) is 11.3 Å². The molecule has 2 fully saturated rings. The molecule has 0 amide bonds. The van der Waals surface area contributed by atoms with Gasteiger partial charge < -0.3 is 10.2 Å². The van der Waals surface area contributed by atoms with Crippen molar-refractivity contribution in [1.82, 2.24) is 10.3 Å². The maximum Gasteiger partial charge on any atom is 0.128 e. The second kappa shape index (κ2) is 5.36. The molecule has 1 saturated carbocycles. The van der Waals surface area contributed by atoms with E-state index in [-0.39, 0.29) is 0 Å². The Hall–Kier alpha value is -1.09. The minimum atomic E-state index is 0.403. The fraction of sp³-hybridized carbons (Fsp3) is 0.706. The number of aromatic nitrogens is 1. The lowest BCUT2D eigenvalue weighted by Crippen LogP contribution is -2.26. The number of pyridine rings is 1. The van der Waals surface area contributed by atoms with E-state index < -0.39 is 0 Å². The third kappa shape index (κ3) is 3.32. The monoisotopic (exact) mass is 273 g/mol. The minimum absolute atomic E-state index is 0.403. The van der Waals surface area contributed by atoms with Gasteiger partial charge in [-0.05, 0) is 48.3 Å². The molecule has 3 heteroatoms. The van der Waals surface area contributed by atoms with Crippen molar-refractivity contribution in [2.45, 2.75) is 52.6 Å². The number of nitrogens with one attached hydrogen (secondary N) is 1. The number of rotatable bonds is 4. The van der Waals surface area contributed by atoms with Gasteiger partial charge in [-0.25, -0.2) is 4.98 Å². The van der Waals surface area contributed by atoms with E-state index in [1.807, 2.05) is 6.20 Å². The molecule has 1 atom stereocenters. The zero-order valence-corrected chi connectivity index (χ0v) is 13.0. The van der Waals surface area contributed by atoms with Crippen LogP contribution in [0.3, 0.4) is 0 Å². The van der Waals surface area contributed by atoms with Crippen LogP contribution in [0.1, 0.15) is 45.6 Å². The van der Waals surface area contributed by atoms with Crippen molar-refractivity contribution >= 4 is 5.82 Å². The molecule has 1 aliphatic heterocycles. The predicted octanol–water partition coefficient (Wildman–Crippen LogP) is 3.21. The van der Waals surface area contributed by atoms with Crippen LogP contribution in [-0.2, 0) is 6.54 Å². The summed E-state index contributed by atoms with van der Waals surface area (Å²) in [7, 11) is 0. The summed E-state index contributed by atoms with van der Waals surface area (Å²) < 4.78 is 0. The van der Waals surface area contributed by atoms with Gasteiger partial charge >= 0.3 is 0 Å². The highest BCUT2D eigenvalue weighted by atomic mass is 15.2. The molecule has 0 aromatic carbocycles. The van der Waals surface area contributed by atoms with Crippen molar-refractivity contribution in [3.63, 3.8) is 0 Å². The summed E-state index contributed by atoms with van der Waals surface area (Å²) in [5, 5.41) is 3.58. The molecule has 1 saturated heterocycles. The SMILES string of the molecule is CC(C)(C)C1CCN(c2cc(CNC3CC3)ccn2)C1. The second-order valence-electron chi connectivity index (χ2n) is 7.48. The van der Waals surface area contributed by atoms with Gasteiger partial charge in [0, 0.05) is 31.9 Å². The highest BCUT2D eigenvalue weighted by Gasteiger charge is 2.32. The average molecular weight is 273 g/mol. The van der Waals surface area contributed by atoms with E-state index in [0.717, 1.165) is 37.4 Å². The second-order valence-corrected chi connectivity index (χ2v) is 7.48.